The molecule has 130 valence electrons. The zero-order chi connectivity index (χ0) is 18.0. The van der Waals surface area contributed by atoms with Crippen LogP contribution in [0.4, 0.5) is 18.0 Å². The van der Waals surface area contributed by atoms with E-state index in [1.54, 1.807) is 24.3 Å². The Morgan fingerprint density at radius 3 is 2.52 bits per heavy atom. The van der Waals surface area contributed by atoms with Crippen LogP contribution in [0.2, 0.25) is 0 Å². The summed E-state index contributed by atoms with van der Waals surface area (Å²) in [5, 5.41) is 12.3. The minimum absolute atomic E-state index is 0.153. The zero-order valence-electron chi connectivity index (χ0n) is 12.6. The van der Waals surface area contributed by atoms with Gasteiger partial charge in [-0.05, 0) is 12.0 Å². The first-order valence-corrected chi connectivity index (χ1v) is 7.10. The molecule has 0 saturated carbocycles. The van der Waals surface area contributed by atoms with Gasteiger partial charge in [-0.3, -0.25) is 0 Å². The van der Waals surface area contributed by atoms with Crippen LogP contribution in [-0.2, 0) is 19.0 Å². The smallest absolute Gasteiger partial charge is 0.464 e. The number of carboxylic acid groups (broad SMARTS) is 1. The highest BCUT2D eigenvalue weighted by molar-refractivity contribution is 5.68. The van der Waals surface area contributed by atoms with Crippen molar-refractivity contribution in [2.75, 3.05) is 0 Å². The van der Waals surface area contributed by atoms with Crippen molar-refractivity contribution in [3.05, 3.63) is 53.9 Å². The number of halogens is 3. The lowest BCUT2D eigenvalue weighted by Crippen LogP contribution is -2.11. The second-order valence-electron chi connectivity index (χ2n) is 5.11. The number of carbonyl (C=O) groups is 1. The second kappa shape index (κ2) is 6.38. The topological polar surface area (TPSA) is 94.0 Å². The molecule has 0 radical (unpaired) electrons. The summed E-state index contributed by atoms with van der Waals surface area (Å²) < 4.78 is 42.6. The third-order valence-electron chi connectivity index (χ3n) is 3.44. The summed E-state index contributed by atoms with van der Waals surface area (Å²) in [6, 6.07) is 6.55. The maximum atomic E-state index is 12.5. The largest absolute Gasteiger partial charge is 0.471 e. The van der Waals surface area contributed by atoms with Crippen LogP contribution in [0.5, 0.6) is 0 Å². The molecule has 0 atom stereocenters. The average Bonchev–Trinajstić information content (AvgIpc) is 3.22. The van der Waals surface area contributed by atoms with E-state index in [2.05, 4.69) is 19.6 Å². The number of imidazole rings is 1. The van der Waals surface area contributed by atoms with E-state index < -0.39 is 18.2 Å². The maximum absolute atomic E-state index is 12.5. The van der Waals surface area contributed by atoms with Gasteiger partial charge in [0, 0.05) is 24.4 Å². The van der Waals surface area contributed by atoms with E-state index in [1.165, 1.54) is 12.4 Å². The van der Waals surface area contributed by atoms with E-state index in [0.29, 0.717) is 24.2 Å². The number of alkyl halides is 3. The lowest BCUT2D eigenvalue weighted by atomic mass is 10.1. The van der Waals surface area contributed by atoms with E-state index in [0.717, 1.165) is 10.1 Å². The number of rotatable bonds is 4. The Bertz CT molecular complexity index is 884. The summed E-state index contributed by atoms with van der Waals surface area (Å²) in [4.78, 5) is 18.3. The average molecular weight is 352 g/mol. The Labute approximate surface area is 138 Å². The fraction of sp³-hybridized carbons (Fsp3) is 0.200. The van der Waals surface area contributed by atoms with Crippen molar-refractivity contribution in [3.8, 4) is 11.4 Å². The van der Waals surface area contributed by atoms with Gasteiger partial charge in [0.25, 0.3) is 0 Å². The van der Waals surface area contributed by atoms with Crippen LogP contribution < -0.4 is 0 Å². The molecule has 0 spiro atoms. The van der Waals surface area contributed by atoms with Crippen molar-refractivity contribution in [2.24, 2.45) is 0 Å². The van der Waals surface area contributed by atoms with Gasteiger partial charge in [-0.15, -0.1) is 0 Å². The molecule has 2 heterocycles. The normalized spacial score (nSPS) is 11.6. The maximum Gasteiger partial charge on any atom is 0.471 e. The van der Waals surface area contributed by atoms with Gasteiger partial charge >= 0.3 is 18.2 Å². The molecule has 10 heteroatoms. The number of aromatic nitrogens is 4. The van der Waals surface area contributed by atoms with Gasteiger partial charge in [-0.1, -0.05) is 29.4 Å². The van der Waals surface area contributed by atoms with Crippen molar-refractivity contribution in [2.45, 2.75) is 19.0 Å². The fourth-order valence-electron chi connectivity index (χ4n) is 2.23. The van der Waals surface area contributed by atoms with Crippen molar-refractivity contribution in [1.82, 2.24) is 19.7 Å². The molecule has 0 bridgehead atoms. The van der Waals surface area contributed by atoms with E-state index in [4.69, 9.17) is 5.11 Å². The molecule has 3 aromatic rings. The first-order valence-electron chi connectivity index (χ1n) is 7.10. The molecule has 1 N–H and O–H groups in total. The Morgan fingerprint density at radius 1 is 1.20 bits per heavy atom. The molecule has 0 amide bonds. The molecule has 0 aliphatic carbocycles. The highest BCUT2D eigenvalue weighted by Gasteiger charge is 2.38. The van der Waals surface area contributed by atoms with Crippen LogP contribution in [0.15, 0.2) is 41.2 Å². The monoisotopic (exact) mass is 352 g/mol. The van der Waals surface area contributed by atoms with Crippen molar-refractivity contribution in [1.29, 1.82) is 0 Å². The highest BCUT2D eigenvalue weighted by Crippen LogP contribution is 2.29. The highest BCUT2D eigenvalue weighted by atomic mass is 19.4. The van der Waals surface area contributed by atoms with Crippen LogP contribution in [0.1, 0.15) is 17.3 Å². The molecule has 0 unspecified atom stereocenters. The predicted molar refractivity (Wildman–Crippen MR) is 77.8 cm³/mol. The minimum Gasteiger partial charge on any atom is -0.464 e. The summed E-state index contributed by atoms with van der Waals surface area (Å²) >= 11 is 0. The van der Waals surface area contributed by atoms with Gasteiger partial charge in [0.2, 0.25) is 5.82 Å². The molecule has 0 aliphatic rings. The lowest BCUT2D eigenvalue weighted by Gasteiger charge is -2.03. The molecule has 2 aromatic heterocycles. The zero-order valence-corrected chi connectivity index (χ0v) is 12.6. The summed E-state index contributed by atoms with van der Waals surface area (Å²) in [7, 11) is 0. The Kier molecular flexibility index (Phi) is 4.26. The number of hydrogen-bond acceptors (Lipinski definition) is 5. The first kappa shape index (κ1) is 16.7. The second-order valence-corrected chi connectivity index (χ2v) is 5.11. The standard InChI is InChI=1S/C15H11F3N4O3/c16-15(17,18)13-20-12(21-25-13)10-4-1-9(2-5-10)3-6-11-19-7-8-22(11)14(23)24/h1-2,4-5,7-8H,3,6H2,(H,23,24). The van der Waals surface area contributed by atoms with Gasteiger partial charge in [0.1, 0.15) is 5.82 Å². The van der Waals surface area contributed by atoms with Crippen LogP contribution in [0, 0.1) is 0 Å². The summed E-state index contributed by atoms with van der Waals surface area (Å²) in [6.45, 7) is 0. The molecule has 0 fully saturated rings. The minimum atomic E-state index is -4.68. The SMILES string of the molecule is O=C(O)n1ccnc1CCc1ccc(-c2noc(C(F)(F)F)n2)cc1. The van der Waals surface area contributed by atoms with Crippen LogP contribution >= 0.6 is 0 Å². The molecular weight excluding hydrogens is 341 g/mol. The molecule has 0 saturated heterocycles. The molecular formula is C15H11F3N4O3. The van der Waals surface area contributed by atoms with Crippen LogP contribution in [0.3, 0.4) is 0 Å². The van der Waals surface area contributed by atoms with Crippen molar-refractivity contribution >= 4 is 6.09 Å². The van der Waals surface area contributed by atoms with Gasteiger partial charge in [-0.25, -0.2) is 14.3 Å². The number of hydrogen-bond donors (Lipinski definition) is 1. The molecule has 7 nitrogen and oxygen atoms in total. The summed E-state index contributed by atoms with van der Waals surface area (Å²) in [6.07, 6.45) is -2.11. The number of aryl methyl sites for hydroxylation is 2. The molecule has 25 heavy (non-hydrogen) atoms. The number of benzene rings is 1. The molecule has 1 aromatic carbocycles. The fourth-order valence-corrected chi connectivity index (χ4v) is 2.23. The van der Waals surface area contributed by atoms with Gasteiger partial charge in [0.15, 0.2) is 0 Å². The van der Waals surface area contributed by atoms with Crippen LogP contribution in [-0.4, -0.2) is 30.9 Å². The van der Waals surface area contributed by atoms with Crippen LogP contribution in [0.25, 0.3) is 11.4 Å². The third-order valence-corrected chi connectivity index (χ3v) is 3.44. The van der Waals surface area contributed by atoms with E-state index in [9.17, 15) is 18.0 Å². The first-order chi connectivity index (χ1) is 11.8. The summed E-state index contributed by atoms with van der Waals surface area (Å²) in [5.74, 6) is -1.14. The van der Waals surface area contributed by atoms with E-state index >= 15 is 0 Å². The molecule has 0 aliphatic heterocycles. The van der Waals surface area contributed by atoms with Gasteiger partial charge < -0.3 is 9.63 Å². The quantitative estimate of drug-likeness (QED) is 0.774. The Hall–Kier alpha value is -3.17. The van der Waals surface area contributed by atoms with Crippen molar-refractivity contribution in [3.63, 3.8) is 0 Å². The Balaban J connectivity index is 1.69. The number of nitrogens with zero attached hydrogens (tertiary/aromatic N) is 4. The molecule has 3 rings (SSSR count). The summed E-state index contributed by atoms with van der Waals surface area (Å²) in [5.41, 5.74) is 1.25. The van der Waals surface area contributed by atoms with E-state index in [-0.39, 0.29) is 5.82 Å². The third kappa shape index (κ3) is 3.67. The Morgan fingerprint density at radius 2 is 1.92 bits per heavy atom. The van der Waals surface area contributed by atoms with E-state index in [1.807, 2.05) is 0 Å². The van der Waals surface area contributed by atoms with Gasteiger partial charge in [0.05, 0.1) is 0 Å². The lowest BCUT2D eigenvalue weighted by molar-refractivity contribution is -0.159. The van der Waals surface area contributed by atoms with Crippen molar-refractivity contribution < 1.29 is 27.6 Å². The van der Waals surface area contributed by atoms with Gasteiger partial charge in [-0.2, -0.15) is 18.2 Å². The predicted octanol–water partition coefficient (Wildman–Crippen LogP) is 3.26.